The number of carbonyl (C=O) groups excluding carboxylic acids is 1. The molecule has 0 aliphatic carbocycles. The number of halogens is 1. The Labute approximate surface area is 120 Å². The molecule has 2 aromatic rings. The second-order valence-electron chi connectivity index (χ2n) is 4.05. The van der Waals surface area contributed by atoms with E-state index in [0.717, 1.165) is 28.8 Å². The molecule has 1 N–H and O–H groups in total. The minimum absolute atomic E-state index is 0.0175. The lowest BCUT2D eigenvalue weighted by molar-refractivity contribution is -0.116. The molecule has 6 heteroatoms. The number of thiazole rings is 1. The zero-order valence-corrected chi connectivity index (χ0v) is 12.2. The van der Waals surface area contributed by atoms with Crippen LogP contribution in [0.3, 0.4) is 0 Å². The van der Waals surface area contributed by atoms with Gasteiger partial charge in [0.1, 0.15) is 5.75 Å². The minimum atomic E-state index is -0.0175. The highest BCUT2D eigenvalue weighted by Crippen LogP contribution is 2.29. The van der Waals surface area contributed by atoms with Crippen LogP contribution in [0.1, 0.15) is 19.3 Å². The van der Waals surface area contributed by atoms with Crippen molar-refractivity contribution in [1.82, 2.24) is 4.98 Å². The molecule has 0 fully saturated rings. The third-order valence-electron chi connectivity index (χ3n) is 2.63. The topological polar surface area (TPSA) is 51.2 Å². The SMILES string of the molecule is COc1ccc2nc(NC(=O)CCCCCl)sc2c1. The fourth-order valence-electron chi connectivity index (χ4n) is 1.65. The lowest BCUT2D eigenvalue weighted by Gasteiger charge is -1.99. The molecule has 1 aromatic heterocycles. The number of ether oxygens (including phenoxy) is 1. The van der Waals surface area contributed by atoms with Gasteiger partial charge in [-0.05, 0) is 31.0 Å². The van der Waals surface area contributed by atoms with Crippen molar-refractivity contribution in [3.63, 3.8) is 0 Å². The molecule has 19 heavy (non-hydrogen) atoms. The van der Waals surface area contributed by atoms with Gasteiger partial charge in [-0.25, -0.2) is 4.98 Å². The molecule has 102 valence electrons. The summed E-state index contributed by atoms with van der Waals surface area (Å²) in [6, 6.07) is 5.65. The van der Waals surface area contributed by atoms with Gasteiger partial charge in [-0.2, -0.15) is 0 Å². The van der Waals surface area contributed by atoms with Crippen molar-refractivity contribution in [1.29, 1.82) is 0 Å². The van der Waals surface area contributed by atoms with E-state index in [1.54, 1.807) is 7.11 Å². The van der Waals surface area contributed by atoms with E-state index in [9.17, 15) is 4.79 Å². The van der Waals surface area contributed by atoms with Crippen LogP contribution >= 0.6 is 22.9 Å². The summed E-state index contributed by atoms with van der Waals surface area (Å²) in [5.74, 6) is 1.36. The largest absolute Gasteiger partial charge is 0.497 e. The van der Waals surface area contributed by atoms with Crippen molar-refractivity contribution in [2.45, 2.75) is 19.3 Å². The Bertz CT molecular complexity index is 571. The number of amides is 1. The number of alkyl halides is 1. The number of benzene rings is 1. The summed E-state index contributed by atoms with van der Waals surface area (Å²) in [7, 11) is 1.63. The summed E-state index contributed by atoms with van der Waals surface area (Å²) >= 11 is 7.02. The maximum absolute atomic E-state index is 11.7. The molecule has 2 rings (SSSR count). The number of rotatable bonds is 6. The van der Waals surface area contributed by atoms with Crippen molar-refractivity contribution < 1.29 is 9.53 Å². The van der Waals surface area contributed by atoms with Crippen LogP contribution in [0.15, 0.2) is 18.2 Å². The Balaban J connectivity index is 2.02. The number of anilines is 1. The quantitative estimate of drug-likeness (QED) is 0.654. The van der Waals surface area contributed by atoms with E-state index >= 15 is 0 Å². The maximum Gasteiger partial charge on any atom is 0.226 e. The van der Waals surface area contributed by atoms with Crippen molar-refractivity contribution in [3.8, 4) is 5.75 Å². The van der Waals surface area contributed by atoms with Crippen molar-refractivity contribution in [2.75, 3.05) is 18.3 Å². The van der Waals surface area contributed by atoms with Gasteiger partial charge in [0.15, 0.2) is 5.13 Å². The molecule has 0 saturated carbocycles. The molecule has 0 aliphatic heterocycles. The van der Waals surface area contributed by atoms with Crippen molar-refractivity contribution in [3.05, 3.63) is 18.2 Å². The second kappa shape index (κ2) is 6.73. The number of unbranched alkanes of at least 4 members (excludes halogenated alkanes) is 1. The normalized spacial score (nSPS) is 10.6. The van der Waals surface area contributed by atoms with Gasteiger partial charge in [-0.3, -0.25) is 4.79 Å². The van der Waals surface area contributed by atoms with E-state index in [1.165, 1.54) is 11.3 Å². The van der Waals surface area contributed by atoms with Crippen LogP contribution in [-0.2, 0) is 4.79 Å². The third kappa shape index (κ3) is 3.81. The molecule has 0 spiro atoms. The molecule has 0 radical (unpaired) electrons. The Hall–Kier alpha value is -1.33. The number of aromatic nitrogens is 1. The van der Waals surface area contributed by atoms with E-state index in [0.29, 0.717) is 17.4 Å². The van der Waals surface area contributed by atoms with Crippen LogP contribution in [-0.4, -0.2) is 23.9 Å². The monoisotopic (exact) mass is 298 g/mol. The zero-order chi connectivity index (χ0) is 13.7. The highest BCUT2D eigenvalue weighted by Gasteiger charge is 2.08. The number of nitrogens with one attached hydrogen (secondary N) is 1. The Morgan fingerprint density at radius 3 is 3.05 bits per heavy atom. The van der Waals surface area contributed by atoms with Gasteiger partial charge < -0.3 is 10.1 Å². The Kier molecular flexibility index (Phi) is 4.99. The molecular formula is C13H15ClN2O2S. The van der Waals surface area contributed by atoms with Crippen LogP contribution in [0.2, 0.25) is 0 Å². The van der Waals surface area contributed by atoms with Gasteiger partial charge in [0.05, 0.1) is 17.3 Å². The lowest BCUT2D eigenvalue weighted by Crippen LogP contribution is -2.10. The van der Waals surface area contributed by atoms with E-state index in [2.05, 4.69) is 10.3 Å². The smallest absolute Gasteiger partial charge is 0.226 e. The maximum atomic E-state index is 11.7. The molecule has 1 aromatic carbocycles. The first-order chi connectivity index (χ1) is 9.22. The summed E-state index contributed by atoms with van der Waals surface area (Å²) in [5, 5.41) is 3.44. The summed E-state index contributed by atoms with van der Waals surface area (Å²) < 4.78 is 6.15. The second-order valence-corrected chi connectivity index (χ2v) is 5.46. The number of hydrogen-bond donors (Lipinski definition) is 1. The summed E-state index contributed by atoms with van der Waals surface area (Å²) in [6.45, 7) is 0. The van der Waals surface area contributed by atoms with E-state index in [4.69, 9.17) is 16.3 Å². The van der Waals surface area contributed by atoms with Gasteiger partial charge in [-0.1, -0.05) is 11.3 Å². The first kappa shape index (κ1) is 14.1. The van der Waals surface area contributed by atoms with Crippen LogP contribution < -0.4 is 10.1 Å². The molecule has 1 amide bonds. The zero-order valence-electron chi connectivity index (χ0n) is 10.6. The minimum Gasteiger partial charge on any atom is -0.497 e. The lowest BCUT2D eigenvalue weighted by atomic mass is 10.2. The molecule has 0 unspecified atom stereocenters. The number of hydrogen-bond acceptors (Lipinski definition) is 4. The van der Waals surface area contributed by atoms with E-state index in [1.807, 2.05) is 18.2 Å². The standard InChI is InChI=1S/C13H15ClN2O2S/c1-18-9-5-6-10-11(8-9)19-13(15-10)16-12(17)4-2-3-7-14/h5-6,8H,2-4,7H2,1H3,(H,15,16,17). The molecule has 1 heterocycles. The molecule has 4 nitrogen and oxygen atoms in total. The Morgan fingerprint density at radius 2 is 2.32 bits per heavy atom. The van der Waals surface area contributed by atoms with Gasteiger partial charge in [0, 0.05) is 12.3 Å². The van der Waals surface area contributed by atoms with Crippen molar-refractivity contribution >= 4 is 44.2 Å². The fraction of sp³-hybridized carbons (Fsp3) is 0.385. The van der Waals surface area contributed by atoms with Crippen LogP contribution in [0.5, 0.6) is 5.75 Å². The third-order valence-corrected chi connectivity index (χ3v) is 3.83. The van der Waals surface area contributed by atoms with Crippen LogP contribution in [0, 0.1) is 0 Å². The average molecular weight is 299 g/mol. The predicted octanol–water partition coefficient (Wildman–Crippen LogP) is 3.65. The highest BCUT2D eigenvalue weighted by molar-refractivity contribution is 7.22. The number of fused-ring (bicyclic) bond motifs is 1. The fourth-order valence-corrected chi connectivity index (χ4v) is 2.75. The molecule has 0 bridgehead atoms. The molecule has 0 aliphatic rings. The summed E-state index contributed by atoms with van der Waals surface area (Å²) in [5.41, 5.74) is 0.863. The first-order valence-electron chi connectivity index (χ1n) is 6.03. The van der Waals surface area contributed by atoms with E-state index in [-0.39, 0.29) is 5.91 Å². The number of carbonyl (C=O) groups is 1. The van der Waals surface area contributed by atoms with E-state index < -0.39 is 0 Å². The number of methoxy groups -OCH3 is 1. The van der Waals surface area contributed by atoms with Gasteiger partial charge in [0.2, 0.25) is 5.91 Å². The number of nitrogens with zero attached hydrogens (tertiary/aromatic N) is 1. The molecular weight excluding hydrogens is 284 g/mol. The first-order valence-corrected chi connectivity index (χ1v) is 7.38. The Morgan fingerprint density at radius 1 is 1.47 bits per heavy atom. The molecule has 0 saturated heterocycles. The average Bonchev–Trinajstić information content (AvgIpc) is 2.79. The summed E-state index contributed by atoms with van der Waals surface area (Å²) in [6.07, 6.45) is 2.13. The summed E-state index contributed by atoms with van der Waals surface area (Å²) in [4.78, 5) is 16.0. The van der Waals surface area contributed by atoms with Crippen molar-refractivity contribution in [2.24, 2.45) is 0 Å². The van der Waals surface area contributed by atoms with Crippen LogP contribution in [0.4, 0.5) is 5.13 Å². The van der Waals surface area contributed by atoms with Gasteiger partial charge in [0.25, 0.3) is 0 Å². The highest BCUT2D eigenvalue weighted by atomic mass is 35.5. The van der Waals surface area contributed by atoms with Crippen LogP contribution in [0.25, 0.3) is 10.2 Å². The van der Waals surface area contributed by atoms with Gasteiger partial charge >= 0.3 is 0 Å². The predicted molar refractivity (Wildman–Crippen MR) is 79.4 cm³/mol. The molecule has 0 atom stereocenters. The van der Waals surface area contributed by atoms with Gasteiger partial charge in [-0.15, -0.1) is 11.6 Å².